The van der Waals surface area contributed by atoms with Gasteiger partial charge in [0.15, 0.2) is 11.5 Å². The molecule has 1 aromatic rings. The van der Waals surface area contributed by atoms with Crippen LogP contribution < -0.4 is 31.2 Å². The van der Waals surface area contributed by atoms with Gasteiger partial charge < -0.3 is 35.7 Å². The zero-order valence-electron chi connectivity index (χ0n) is 23.8. The van der Waals surface area contributed by atoms with Gasteiger partial charge in [0.2, 0.25) is 5.75 Å². The first kappa shape index (κ1) is 35.9. The molecular weight excluding hydrogens is 506 g/mol. The highest BCUT2D eigenvalue weighted by Gasteiger charge is 2.12. The van der Waals surface area contributed by atoms with E-state index in [1.165, 1.54) is 118 Å². The lowest BCUT2D eigenvalue weighted by atomic mass is 10.0. The van der Waals surface area contributed by atoms with Gasteiger partial charge in [0, 0.05) is 5.56 Å². The minimum absolute atomic E-state index is 0. The molecule has 35 heavy (non-hydrogen) atoms. The number of halogens is 1. The Morgan fingerprint density at radius 2 is 1.03 bits per heavy atom. The Morgan fingerprint density at radius 3 is 1.31 bits per heavy atom. The van der Waals surface area contributed by atoms with Crippen LogP contribution in [0.5, 0.6) is 17.2 Å². The SMILES string of the molecule is CCCCCCCCCCCCCCCC[N+](C)(C)C.COc1cc(C=O)cc(OC)c1OC.[Br-]. The topological polar surface area (TPSA) is 44.8 Å². The number of carbonyl (C=O) groups excluding carboxylic acids is 1. The van der Waals surface area contributed by atoms with Gasteiger partial charge in [-0.15, -0.1) is 0 Å². The van der Waals surface area contributed by atoms with Crippen LogP contribution >= 0.6 is 0 Å². The number of quaternary nitrogens is 1. The predicted molar refractivity (Wildman–Crippen MR) is 145 cm³/mol. The van der Waals surface area contributed by atoms with Crippen molar-refractivity contribution in [2.45, 2.75) is 96.8 Å². The van der Waals surface area contributed by atoms with E-state index in [1.807, 2.05) is 0 Å². The molecule has 0 bridgehead atoms. The Labute approximate surface area is 227 Å². The smallest absolute Gasteiger partial charge is 0.203 e. The van der Waals surface area contributed by atoms with E-state index in [0.29, 0.717) is 22.8 Å². The molecule has 0 aliphatic rings. The summed E-state index contributed by atoms with van der Waals surface area (Å²) in [7, 11) is 11.4. The van der Waals surface area contributed by atoms with Gasteiger partial charge in [-0.1, -0.05) is 84.0 Å². The Hall–Kier alpha value is -1.27. The van der Waals surface area contributed by atoms with Crippen LogP contribution in [0.2, 0.25) is 0 Å². The summed E-state index contributed by atoms with van der Waals surface area (Å²) in [5.74, 6) is 1.45. The van der Waals surface area contributed by atoms with E-state index < -0.39 is 0 Å². The number of rotatable bonds is 19. The van der Waals surface area contributed by atoms with Crippen molar-refractivity contribution in [2.24, 2.45) is 0 Å². The molecule has 206 valence electrons. The van der Waals surface area contributed by atoms with Crippen LogP contribution in [0.3, 0.4) is 0 Å². The summed E-state index contributed by atoms with van der Waals surface area (Å²) in [4.78, 5) is 10.6. The van der Waals surface area contributed by atoms with Crippen LogP contribution in [-0.4, -0.2) is 59.8 Å². The lowest BCUT2D eigenvalue weighted by Gasteiger charge is -2.23. The standard InChI is InChI=1S/C19H42N.C10H12O4.BrH/c1-5-6-7-8-9-10-11-12-13-14-15-16-17-18-19-20(2,3)4;1-12-8-4-7(6-11)5-9(13-2)10(8)14-3;/h5-19H2,1-4H3;4-6H,1-3H3;1H/q+1;;/p-1. The predicted octanol–water partition coefficient (Wildman–Crippen LogP) is 4.70. The summed E-state index contributed by atoms with van der Waals surface area (Å²) in [6.45, 7) is 3.63. The molecule has 0 fully saturated rings. The average molecular weight is 561 g/mol. The molecule has 0 N–H and O–H groups in total. The second kappa shape index (κ2) is 23.1. The van der Waals surface area contributed by atoms with Crippen molar-refractivity contribution < 1.29 is 40.5 Å². The van der Waals surface area contributed by atoms with Crippen LogP contribution in [0.25, 0.3) is 0 Å². The molecule has 0 unspecified atom stereocenters. The van der Waals surface area contributed by atoms with Crippen LogP contribution in [0.1, 0.15) is 107 Å². The van der Waals surface area contributed by atoms with Crippen molar-refractivity contribution in [2.75, 3.05) is 49.0 Å². The normalized spacial score (nSPS) is 10.6. The van der Waals surface area contributed by atoms with Crippen molar-refractivity contribution >= 4 is 6.29 Å². The summed E-state index contributed by atoms with van der Waals surface area (Å²) in [6, 6.07) is 3.18. The van der Waals surface area contributed by atoms with Gasteiger partial charge in [-0.25, -0.2) is 0 Å². The molecule has 0 aromatic heterocycles. The number of methoxy groups -OCH3 is 3. The summed E-state index contributed by atoms with van der Waals surface area (Å²) in [6.07, 6.45) is 21.1. The maximum Gasteiger partial charge on any atom is 0.203 e. The van der Waals surface area contributed by atoms with E-state index in [0.717, 1.165) is 10.8 Å². The first-order valence-electron chi connectivity index (χ1n) is 13.4. The van der Waals surface area contributed by atoms with Crippen LogP contribution in [0.4, 0.5) is 0 Å². The fourth-order valence-electron chi connectivity index (χ4n) is 3.95. The van der Waals surface area contributed by atoms with Gasteiger partial charge in [-0.2, -0.15) is 0 Å². The second-order valence-corrected chi connectivity index (χ2v) is 10.2. The average Bonchev–Trinajstić information content (AvgIpc) is 2.82. The molecule has 1 rings (SSSR count). The van der Waals surface area contributed by atoms with E-state index in [1.54, 1.807) is 12.1 Å². The van der Waals surface area contributed by atoms with E-state index in [2.05, 4.69) is 28.1 Å². The quantitative estimate of drug-likeness (QED) is 0.140. The lowest BCUT2D eigenvalue weighted by Crippen LogP contribution is -3.00. The second-order valence-electron chi connectivity index (χ2n) is 10.2. The van der Waals surface area contributed by atoms with Gasteiger partial charge in [0.25, 0.3) is 0 Å². The van der Waals surface area contributed by atoms with Crippen LogP contribution in [0.15, 0.2) is 12.1 Å². The van der Waals surface area contributed by atoms with E-state index in [-0.39, 0.29) is 17.0 Å². The third kappa shape index (κ3) is 19.6. The minimum Gasteiger partial charge on any atom is -1.00 e. The zero-order chi connectivity index (χ0) is 25.7. The summed E-state index contributed by atoms with van der Waals surface area (Å²) >= 11 is 0. The number of ether oxygens (including phenoxy) is 3. The van der Waals surface area contributed by atoms with Gasteiger partial charge in [0.1, 0.15) is 6.29 Å². The highest BCUT2D eigenvalue weighted by Crippen LogP contribution is 2.37. The third-order valence-corrected chi connectivity index (χ3v) is 6.01. The molecule has 0 radical (unpaired) electrons. The summed E-state index contributed by atoms with van der Waals surface area (Å²) in [5.41, 5.74) is 0.486. The summed E-state index contributed by atoms with van der Waals surface area (Å²) in [5, 5.41) is 0. The maximum absolute atomic E-state index is 10.6. The molecule has 0 amide bonds. The van der Waals surface area contributed by atoms with Crippen molar-refractivity contribution in [3.8, 4) is 17.2 Å². The minimum atomic E-state index is 0. The highest BCUT2D eigenvalue weighted by molar-refractivity contribution is 5.78. The van der Waals surface area contributed by atoms with E-state index >= 15 is 0 Å². The number of unbranched alkanes of at least 4 members (excludes halogenated alkanes) is 13. The van der Waals surface area contributed by atoms with Gasteiger partial charge in [-0.05, 0) is 25.0 Å². The summed E-state index contributed by atoms with van der Waals surface area (Å²) < 4.78 is 16.3. The number of carbonyl (C=O) groups is 1. The largest absolute Gasteiger partial charge is 1.00 e. The molecular formula is C29H54BrNO4. The highest BCUT2D eigenvalue weighted by atomic mass is 79.9. The number of benzene rings is 1. The van der Waals surface area contributed by atoms with Crippen molar-refractivity contribution in [1.82, 2.24) is 0 Å². The van der Waals surface area contributed by atoms with Gasteiger partial charge >= 0.3 is 0 Å². The molecule has 0 aliphatic heterocycles. The van der Waals surface area contributed by atoms with Crippen LogP contribution in [-0.2, 0) is 0 Å². The Kier molecular flexibility index (Phi) is 23.7. The van der Waals surface area contributed by atoms with Crippen molar-refractivity contribution in [3.63, 3.8) is 0 Å². The zero-order valence-corrected chi connectivity index (χ0v) is 25.4. The first-order chi connectivity index (χ1) is 16.3. The van der Waals surface area contributed by atoms with Crippen molar-refractivity contribution in [1.29, 1.82) is 0 Å². The molecule has 0 spiro atoms. The van der Waals surface area contributed by atoms with E-state index in [9.17, 15) is 4.79 Å². The molecule has 0 saturated heterocycles. The first-order valence-corrected chi connectivity index (χ1v) is 13.4. The fourth-order valence-corrected chi connectivity index (χ4v) is 3.95. The fraction of sp³-hybridized carbons (Fsp3) is 0.759. The molecule has 0 atom stereocenters. The number of aldehydes is 1. The number of hydrogen-bond acceptors (Lipinski definition) is 4. The number of nitrogens with zero attached hydrogens (tertiary/aromatic N) is 1. The molecule has 0 aliphatic carbocycles. The molecule has 0 saturated carbocycles. The van der Waals surface area contributed by atoms with Gasteiger partial charge in [-0.3, -0.25) is 4.79 Å². The third-order valence-electron chi connectivity index (χ3n) is 6.01. The maximum atomic E-state index is 10.6. The monoisotopic (exact) mass is 559 g/mol. The molecule has 5 nitrogen and oxygen atoms in total. The Bertz CT molecular complexity index is 607. The Balaban J connectivity index is 0. The molecule has 6 heteroatoms. The van der Waals surface area contributed by atoms with E-state index in [4.69, 9.17) is 14.2 Å². The molecule has 1 aromatic carbocycles. The van der Waals surface area contributed by atoms with Crippen LogP contribution in [0, 0.1) is 0 Å². The number of hydrogen-bond donors (Lipinski definition) is 0. The van der Waals surface area contributed by atoms with Crippen molar-refractivity contribution in [3.05, 3.63) is 17.7 Å². The molecule has 0 heterocycles. The lowest BCUT2D eigenvalue weighted by molar-refractivity contribution is -0.870. The Morgan fingerprint density at radius 1 is 0.657 bits per heavy atom. The van der Waals surface area contributed by atoms with Gasteiger partial charge in [0.05, 0.1) is 49.0 Å².